The molecule has 1 atom stereocenters. The van der Waals surface area contributed by atoms with E-state index in [1.54, 1.807) is 11.3 Å². The minimum atomic E-state index is -0.207. The summed E-state index contributed by atoms with van der Waals surface area (Å²) < 4.78 is 0. The molecule has 0 aromatic carbocycles. The summed E-state index contributed by atoms with van der Waals surface area (Å²) in [7, 11) is 0. The van der Waals surface area contributed by atoms with Gasteiger partial charge in [0.1, 0.15) is 0 Å². The number of hydrogen-bond acceptors (Lipinski definition) is 3. The van der Waals surface area contributed by atoms with Gasteiger partial charge in [0.2, 0.25) is 0 Å². The lowest BCUT2D eigenvalue weighted by Gasteiger charge is -2.06. The molecule has 0 amide bonds. The Morgan fingerprint density at radius 1 is 1.62 bits per heavy atom. The zero-order valence-corrected chi connectivity index (χ0v) is 9.10. The third kappa shape index (κ3) is 3.87. The Bertz CT molecular complexity index is 247. The van der Waals surface area contributed by atoms with Crippen LogP contribution < -0.4 is 0 Å². The van der Waals surface area contributed by atoms with Crippen LogP contribution in [-0.2, 0) is 6.42 Å². The van der Waals surface area contributed by atoms with Crippen LogP contribution in [0.4, 0.5) is 0 Å². The molecular weight excluding hydrogens is 182 g/mol. The summed E-state index contributed by atoms with van der Waals surface area (Å²) in [5.74, 6) is 0. The van der Waals surface area contributed by atoms with Gasteiger partial charge in [0.05, 0.1) is 16.8 Å². The Kier molecular flexibility index (Phi) is 4.39. The first-order valence-corrected chi connectivity index (χ1v) is 5.69. The Hall–Kier alpha value is -0.410. The van der Waals surface area contributed by atoms with Crippen LogP contribution in [0, 0.1) is 6.92 Å². The van der Waals surface area contributed by atoms with Gasteiger partial charge in [-0.1, -0.05) is 19.8 Å². The number of nitrogens with zero attached hydrogens (tertiary/aromatic N) is 1. The van der Waals surface area contributed by atoms with E-state index in [1.807, 2.05) is 12.3 Å². The molecular formula is C10H17NOS. The molecule has 0 saturated heterocycles. The molecule has 1 unspecified atom stereocenters. The van der Waals surface area contributed by atoms with Crippen molar-refractivity contribution in [2.75, 3.05) is 0 Å². The molecule has 2 nitrogen and oxygen atoms in total. The van der Waals surface area contributed by atoms with E-state index in [4.69, 9.17) is 0 Å². The monoisotopic (exact) mass is 199 g/mol. The normalized spacial score (nSPS) is 13.2. The molecule has 1 aromatic rings. The van der Waals surface area contributed by atoms with E-state index in [0.717, 1.165) is 30.0 Å². The van der Waals surface area contributed by atoms with Crippen LogP contribution in [0.2, 0.25) is 0 Å². The van der Waals surface area contributed by atoms with E-state index >= 15 is 0 Å². The SMILES string of the molecule is CCCCC(O)Cc1csc(C)n1. The van der Waals surface area contributed by atoms with Gasteiger partial charge >= 0.3 is 0 Å². The molecule has 1 heterocycles. The molecule has 0 saturated carbocycles. The van der Waals surface area contributed by atoms with Gasteiger partial charge in [-0.15, -0.1) is 11.3 Å². The van der Waals surface area contributed by atoms with E-state index in [-0.39, 0.29) is 6.10 Å². The highest BCUT2D eigenvalue weighted by Crippen LogP contribution is 2.12. The highest BCUT2D eigenvalue weighted by molar-refractivity contribution is 7.09. The van der Waals surface area contributed by atoms with E-state index < -0.39 is 0 Å². The van der Waals surface area contributed by atoms with Crippen molar-refractivity contribution < 1.29 is 5.11 Å². The van der Waals surface area contributed by atoms with Gasteiger partial charge in [-0.05, 0) is 13.3 Å². The molecule has 0 fully saturated rings. The first kappa shape index (κ1) is 10.7. The summed E-state index contributed by atoms with van der Waals surface area (Å²) in [5.41, 5.74) is 1.03. The zero-order valence-electron chi connectivity index (χ0n) is 8.29. The minimum absolute atomic E-state index is 0.207. The van der Waals surface area contributed by atoms with Crippen molar-refractivity contribution in [1.29, 1.82) is 0 Å². The molecule has 0 radical (unpaired) electrons. The summed E-state index contributed by atoms with van der Waals surface area (Å²) in [5, 5.41) is 12.7. The summed E-state index contributed by atoms with van der Waals surface area (Å²) in [4.78, 5) is 4.32. The van der Waals surface area contributed by atoms with Crippen molar-refractivity contribution in [2.45, 2.75) is 45.6 Å². The van der Waals surface area contributed by atoms with Crippen LogP contribution in [0.3, 0.4) is 0 Å². The van der Waals surface area contributed by atoms with Crippen LogP contribution >= 0.6 is 11.3 Å². The Morgan fingerprint density at radius 2 is 2.38 bits per heavy atom. The molecule has 1 rings (SSSR count). The van der Waals surface area contributed by atoms with Crippen LogP contribution in [0.5, 0.6) is 0 Å². The third-order valence-corrected chi connectivity index (χ3v) is 2.82. The average molecular weight is 199 g/mol. The van der Waals surface area contributed by atoms with Crippen LogP contribution in [0.15, 0.2) is 5.38 Å². The maximum Gasteiger partial charge on any atom is 0.0897 e. The summed E-state index contributed by atoms with van der Waals surface area (Å²) in [6.07, 6.45) is 3.65. The lowest BCUT2D eigenvalue weighted by molar-refractivity contribution is 0.161. The Labute approximate surface area is 83.6 Å². The van der Waals surface area contributed by atoms with Crippen molar-refractivity contribution in [3.63, 3.8) is 0 Å². The summed E-state index contributed by atoms with van der Waals surface area (Å²) >= 11 is 1.65. The number of hydrogen-bond donors (Lipinski definition) is 1. The Balaban J connectivity index is 2.31. The van der Waals surface area contributed by atoms with Crippen LogP contribution in [0.25, 0.3) is 0 Å². The molecule has 3 heteroatoms. The van der Waals surface area contributed by atoms with Crippen molar-refractivity contribution in [2.24, 2.45) is 0 Å². The van der Waals surface area contributed by atoms with Gasteiger partial charge in [-0.3, -0.25) is 0 Å². The zero-order chi connectivity index (χ0) is 9.68. The van der Waals surface area contributed by atoms with Gasteiger partial charge in [-0.2, -0.15) is 0 Å². The quantitative estimate of drug-likeness (QED) is 0.790. The standard InChI is InChI=1S/C10H17NOS/c1-3-4-5-10(12)6-9-7-13-8(2)11-9/h7,10,12H,3-6H2,1-2H3. The highest BCUT2D eigenvalue weighted by Gasteiger charge is 2.06. The van der Waals surface area contributed by atoms with E-state index in [0.29, 0.717) is 6.42 Å². The number of rotatable bonds is 5. The number of aryl methyl sites for hydroxylation is 1. The maximum atomic E-state index is 9.61. The topological polar surface area (TPSA) is 33.1 Å². The smallest absolute Gasteiger partial charge is 0.0897 e. The second kappa shape index (κ2) is 5.35. The van der Waals surface area contributed by atoms with Crippen molar-refractivity contribution in [3.8, 4) is 0 Å². The number of aromatic nitrogens is 1. The van der Waals surface area contributed by atoms with Crippen molar-refractivity contribution in [3.05, 3.63) is 16.1 Å². The van der Waals surface area contributed by atoms with Gasteiger partial charge < -0.3 is 5.11 Å². The molecule has 0 aliphatic heterocycles. The average Bonchev–Trinajstić information content (AvgIpc) is 2.48. The first-order chi connectivity index (χ1) is 6.22. The van der Waals surface area contributed by atoms with Gasteiger partial charge in [0.15, 0.2) is 0 Å². The fraction of sp³-hybridized carbons (Fsp3) is 0.700. The fourth-order valence-corrected chi connectivity index (χ4v) is 1.91. The van der Waals surface area contributed by atoms with Crippen molar-refractivity contribution in [1.82, 2.24) is 4.98 Å². The maximum absolute atomic E-state index is 9.61. The molecule has 74 valence electrons. The second-order valence-electron chi connectivity index (χ2n) is 3.36. The molecule has 0 bridgehead atoms. The summed E-state index contributed by atoms with van der Waals surface area (Å²) in [6.45, 7) is 4.13. The molecule has 0 aliphatic carbocycles. The van der Waals surface area contributed by atoms with E-state index in [1.165, 1.54) is 0 Å². The molecule has 1 aromatic heterocycles. The lowest BCUT2D eigenvalue weighted by Crippen LogP contribution is -2.10. The van der Waals surface area contributed by atoms with Crippen molar-refractivity contribution >= 4 is 11.3 Å². The third-order valence-electron chi connectivity index (χ3n) is 2.00. The first-order valence-electron chi connectivity index (χ1n) is 4.81. The second-order valence-corrected chi connectivity index (χ2v) is 4.42. The summed E-state index contributed by atoms with van der Waals surface area (Å²) in [6, 6.07) is 0. The number of unbranched alkanes of at least 4 members (excludes halogenated alkanes) is 1. The number of aliphatic hydroxyl groups excluding tert-OH is 1. The number of aliphatic hydroxyl groups is 1. The van der Waals surface area contributed by atoms with Crippen LogP contribution in [-0.4, -0.2) is 16.2 Å². The fourth-order valence-electron chi connectivity index (χ4n) is 1.29. The highest BCUT2D eigenvalue weighted by atomic mass is 32.1. The van der Waals surface area contributed by atoms with Crippen LogP contribution in [0.1, 0.15) is 36.9 Å². The molecule has 13 heavy (non-hydrogen) atoms. The van der Waals surface area contributed by atoms with Gasteiger partial charge in [-0.25, -0.2) is 4.98 Å². The van der Waals surface area contributed by atoms with E-state index in [9.17, 15) is 5.11 Å². The van der Waals surface area contributed by atoms with E-state index in [2.05, 4.69) is 11.9 Å². The van der Waals surface area contributed by atoms with Gasteiger partial charge in [0.25, 0.3) is 0 Å². The predicted molar refractivity (Wildman–Crippen MR) is 56.1 cm³/mol. The molecule has 0 spiro atoms. The predicted octanol–water partition coefficient (Wildman–Crippen LogP) is 2.55. The molecule has 1 N–H and O–H groups in total. The lowest BCUT2D eigenvalue weighted by atomic mass is 10.1. The largest absolute Gasteiger partial charge is 0.393 e. The van der Waals surface area contributed by atoms with Gasteiger partial charge in [0, 0.05) is 11.8 Å². The Morgan fingerprint density at radius 3 is 2.92 bits per heavy atom. The molecule has 0 aliphatic rings. The number of thiazole rings is 1. The minimum Gasteiger partial charge on any atom is -0.393 e.